The molecule has 0 aliphatic carbocycles. The van der Waals surface area contributed by atoms with Gasteiger partial charge in [0.2, 0.25) is 0 Å². The van der Waals surface area contributed by atoms with E-state index in [4.69, 9.17) is 9.47 Å². The molecule has 2 amide bonds. The van der Waals surface area contributed by atoms with Gasteiger partial charge in [0.05, 0.1) is 24.0 Å². The molecule has 0 atom stereocenters. The number of nitrogens with zero attached hydrogens (tertiary/aromatic N) is 1. The summed E-state index contributed by atoms with van der Waals surface area (Å²) in [6.07, 6.45) is 0.872. The predicted octanol–water partition coefficient (Wildman–Crippen LogP) is 5.66. The van der Waals surface area contributed by atoms with E-state index in [0.717, 1.165) is 12.2 Å². The molecule has 0 fully saturated rings. The quantitative estimate of drug-likeness (QED) is 0.421. The number of nitrogens with one attached hydrogen (secondary N) is 1. The molecule has 3 aromatic rings. The van der Waals surface area contributed by atoms with Crippen molar-refractivity contribution in [1.82, 2.24) is 0 Å². The van der Waals surface area contributed by atoms with Gasteiger partial charge in [0.15, 0.2) is 0 Å². The first-order valence-corrected chi connectivity index (χ1v) is 11.4. The van der Waals surface area contributed by atoms with Crippen molar-refractivity contribution >= 4 is 28.8 Å². The molecule has 174 valence electrons. The lowest BCUT2D eigenvalue weighted by Crippen LogP contribution is -2.32. The molecule has 0 saturated heterocycles. The van der Waals surface area contributed by atoms with Crippen molar-refractivity contribution in [2.75, 3.05) is 16.8 Å². The van der Waals surface area contributed by atoms with Gasteiger partial charge in [-0.1, -0.05) is 49.4 Å². The zero-order valence-electron chi connectivity index (χ0n) is 19.6. The SMILES string of the molecule is CCCOc1ccccc1N1C(=O)C(Nc2ccc(OC(C)C)cc2)=C(c2ccccc2)C1=O. The zero-order valence-corrected chi connectivity index (χ0v) is 19.6. The number of benzene rings is 3. The Balaban J connectivity index is 1.73. The standard InChI is InChI=1S/C28H28N2O4/c1-4-18-33-24-13-9-8-12-23(24)30-27(31)25(20-10-6-5-7-11-20)26(28(30)32)29-21-14-16-22(17-15-21)34-19(2)3/h5-17,19,29H,4,18H2,1-3H3. The molecule has 1 heterocycles. The summed E-state index contributed by atoms with van der Waals surface area (Å²) >= 11 is 0. The number of ether oxygens (including phenoxy) is 2. The van der Waals surface area contributed by atoms with E-state index < -0.39 is 11.8 Å². The highest BCUT2D eigenvalue weighted by molar-refractivity contribution is 6.46. The normalized spacial score (nSPS) is 13.6. The summed E-state index contributed by atoms with van der Waals surface area (Å²) in [5.74, 6) is 0.398. The van der Waals surface area contributed by atoms with E-state index in [1.807, 2.05) is 81.4 Å². The van der Waals surface area contributed by atoms with E-state index in [9.17, 15) is 9.59 Å². The summed E-state index contributed by atoms with van der Waals surface area (Å²) in [7, 11) is 0. The van der Waals surface area contributed by atoms with Crippen LogP contribution in [0.3, 0.4) is 0 Å². The summed E-state index contributed by atoms with van der Waals surface area (Å²) in [5.41, 5.74) is 2.31. The van der Waals surface area contributed by atoms with E-state index in [0.29, 0.717) is 34.9 Å². The minimum Gasteiger partial charge on any atom is -0.491 e. The highest BCUT2D eigenvalue weighted by atomic mass is 16.5. The van der Waals surface area contributed by atoms with Crippen molar-refractivity contribution in [2.24, 2.45) is 0 Å². The molecule has 0 bridgehead atoms. The second kappa shape index (κ2) is 10.3. The Morgan fingerprint density at radius 1 is 0.853 bits per heavy atom. The van der Waals surface area contributed by atoms with E-state index in [1.165, 1.54) is 4.90 Å². The fourth-order valence-electron chi connectivity index (χ4n) is 3.75. The third-order valence-corrected chi connectivity index (χ3v) is 5.21. The highest BCUT2D eigenvalue weighted by Gasteiger charge is 2.41. The molecular weight excluding hydrogens is 428 g/mol. The molecule has 0 saturated carbocycles. The van der Waals surface area contributed by atoms with Crippen molar-refractivity contribution in [1.29, 1.82) is 0 Å². The Morgan fingerprint density at radius 2 is 1.53 bits per heavy atom. The van der Waals surface area contributed by atoms with Crippen LogP contribution in [0.1, 0.15) is 32.8 Å². The predicted molar refractivity (Wildman–Crippen MR) is 134 cm³/mol. The Hall–Kier alpha value is -4.06. The van der Waals surface area contributed by atoms with Gasteiger partial charge in [-0.25, -0.2) is 4.90 Å². The van der Waals surface area contributed by atoms with Crippen molar-refractivity contribution < 1.29 is 19.1 Å². The van der Waals surface area contributed by atoms with Crippen LogP contribution in [0.25, 0.3) is 5.57 Å². The van der Waals surface area contributed by atoms with Crippen LogP contribution in [0, 0.1) is 0 Å². The van der Waals surface area contributed by atoms with Crippen LogP contribution in [0.4, 0.5) is 11.4 Å². The van der Waals surface area contributed by atoms with E-state index in [1.54, 1.807) is 18.2 Å². The van der Waals surface area contributed by atoms with Crippen LogP contribution in [0.5, 0.6) is 11.5 Å². The smallest absolute Gasteiger partial charge is 0.282 e. The first kappa shape index (κ1) is 23.1. The minimum atomic E-state index is -0.432. The number of anilines is 2. The van der Waals surface area contributed by atoms with E-state index in [2.05, 4.69) is 5.32 Å². The molecule has 0 aromatic heterocycles. The van der Waals surface area contributed by atoms with Crippen molar-refractivity contribution in [3.8, 4) is 11.5 Å². The molecular formula is C28H28N2O4. The fraction of sp³-hybridized carbons (Fsp3) is 0.214. The molecule has 0 radical (unpaired) electrons. The second-order valence-corrected chi connectivity index (χ2v) is 8.19. The summed E-state index contributed by atoms with van der Waals surface area (Å²) in [6, 6.07) is 23.6. The number of rotatable bonds is 9. The number of carbonyl (C=O) groups is 2. The van der Waals surface area contributed by atoms with Crippen LogP contribution < -0.4 is 19.7 Å². The van der Waals surface area contributed by atoms with Gasteiger partial charge in [-0.05, 0) is 62.2 Å². The van der Waals surface area contributed by atoms with E-state index in [-0.39, 0.29) is 11.8 Å². The fourth-order valence-corrected chi connectivity index (χ4v) is 3.75. The van der Waals surface area contributed by atoms with Gasteiger partial charge < -0.3 is 14.8 Å². The number of hydrogen-bond acceptors (Lipinski definition) is 5. The Labute approximate surface area is 199 Å². The van der Waals surface area contributed by atoms with Crippen LogP contribution in [0.2, 0.25) is 0 Å². The molecule has 1 N–H and O–H groups in total. The topological polar surface area (TPSA) is 67.9 Å². The maximum Gasteiger partial charge on any atom is 0.282 e. The number of amides is 2. The zero-order chi connectivity index (χ0) is 24.1. The van der Waals surface area contributed by atoms with Crippen LogP contribution >= 0.6 is 0 Å². The van der Waals surface area contributed by atoms with Gasteiger partial charge in [-0.3, -0.25) is 9.59 Å². The van der Waals surface area contributed by atoms with Gasteiger partial charge in [0.25, 0.3) is 11.8 Å². The number of hydrogen-bond donors (Lipinski definition) is 1. The molecule has 1 aliphatic heterocycles. The van der Waals surface area contributed by atoms with Gasteiger partial charge >= 0.3 is 0 Å². The van der Waals surface area contributed by atoms with Gasteiger partial charge in [-0.2, -0.15) is 0 Å². The van der Waals surface area contributed by atoms with Crippen LogP contribution in [-0.2, 0) is 9.59 Å². The average Bonchev–Trinajstić information content (AvgIpc) is 3.08. The molecule has 3 aromatic carbocycles. The molecule has 1 aliphatic rings. The van der Waals surface area contributed by atoms with Crippen molar-refractivity contribution in [3.63, 3.8) is 0 Å². The molecule has 0 unspecified atom stereocenters. The summed E-state index contributed by atoms with van der Waals surface area (Å²) in [4.78, 5) is 28.5. The highest BCUT2D eigenvalue weighted by Crippen LogP contribution is 2.38. The Bertz CT molecular complexity index is 1200. The number of para-hydroxylation sites is 2. The molecule has 34 heavy (non-hydrogen) atoms. The maximum atomic E-state index is 13.7. The first-order valence-electron chi connectivity index (χ1n) is 11.4. The first-order chi connectivity index (χ1) is 16.5. The van der Waals surface area contributed by atoms with Crippen LogP contribution in [0.15, 0.2) is 84.6 Å². The lowest BCUT2D eigenvalue weighted by Gasteiger charge is -2.19. The molecule has 6 nitrogen and oxygen atoms in total. The monoisotopic (exact) mass is 456 g/mol. The summed E-state index contributed by atoms with van der Waals surface area (Å²) in [6.45, 7) is 6.41. The second-order valence-electron chi connectivity index (χ2n) is 8.19. The van der Waals surface area contributed by atoms with Gasteiger partial charge in [0.1, 0.15) is 17.2 Å². The average molecular weight is 457 g/mol. The van der Waals surface area contributed by atoms with Gasteiger partial charge in [-0.15, -0.1) is 0 Å². The summed E-state index contributed by atoms with van der Waals surface area (Å²) < 4.78 is 11.5. The third-order valence-electron chi connectivity index (χ3n) is 5.21. The Morgan fingerprint density at radius 3 is 2.21 bits per heavy atom. The summed E-state index contributed by atoms with van der Waals surface area (Å²) in [5, 5.41) is 3.18. The molecule has 4 rings (SSSR count). The van der Waals surface area contributed by atoms with E-state index >= 15 is 0 Å². The Kier molecular flexibility index (Phi) is 6.97. The minimum absolute atomic E-state index is 0.0591. The lowest BCUT2D eigenvalue weighted by molar-refractivity contribution is -0.120. The van der Waals surface area contributed by atoms with Gasteiger partial charge in [0, 0.05) is 5.69 Å². The number of carbonyl (C=O) groups excluding carboxylic acids is 2. The van der Waals surface area contributed by atoms with Crippen LogP contribution in [-0.4, -0.2) is 24.5 Å². The lowest BCUT2D eigenvalue weighted by atomic mass is 10.0. The molecule has 0 spiro atoms. The largest absolute Gasteiger partial charge is 0.491 e. The number of imide groups is 1. The van der Waals surface area contributed by atoms with Crippen molar-refractivity contribution in [2.45, 2.75) is 33.3 Å². The van der Waals surface area contributed by atoms with Crippen molar-refractivity contribution in [3.05, 3.63) is 90.1 Å². The molecule has 6 heteroatoms. The maximum absolute atomic E-state index is 13.7. The third kappa shape index (κ3) is 4.81.